The minimum atomic E-state index is -0.259. The molecule has 0 bridgehead atoms. The highest BCUT2D eigenvalue weighted by atomic mass is 16.5. The van der Waals surface area contributed by atoms with Crippen molar-refractivity contribution in [3.63, 3.8) is 0 Å². The first-order valence-corrected chi connectivity index (χ1v) is 11.4. The molecule has 31 heavy (non-hydrogen) atoms. The van der Waals surface area contributed by atoms with E-state index in [2.05, 4.69) is 0 Å². The van der Waals surface area contributed by atoms with Gasteiger partial charge in [-0.2, -0.15) is 0 Å². The Balaban J connectivity index is 1.89. The van der Waals surface area contributed by atoms with Gasteiger partial charge in [0.05, 0.1) is 12.2 Å². The zero-order valence-corrected chi connectivity index (χ0v) is 18.6. The molecule has 2 heterocycles. The minimum absolute atomic E-state index is 0.0861. The second kappa shape index (κ2) is 11.3. The first kappa shape index (κ1) is 23.3. The maximum Gasteiger partial charge on any atom is 0.277 e. The number of amides is 2. The normalized spacial score (nSPS) is 19.5. The Labute approximate surface area is 184 Å². The minimum Gasteiger partial charge on any atom is -0.494 e. The van der Waals surface area contributed by atoms with Gasteiger partial charge in [0.1, 0.15) is 11.4 Å². The zero-order chi connectivity index (χ0) is 22.2. The number of rotatable bonds is 11. The smallest absolute Gasteiger partial charge is 0.277 e. The van der Waals surface area contributed by atoms with Crippen LogP contribution in [0.1, 0.15) is 45.1 Å². The van der Waals surface area contributed by atoms with Gasteiger partial charge in [0.2, 0.25) is 0 Å². The van der Waals surface area contributed by atoms with E-state index < -0.39 is 0 Å². The van der Waals surface area contributed by atoms with Crippen molar-refractivity contribution in [1.82, 2.24) is 9.80 Å². The van der Waals surface area contributed by atoms with E-state index in [0.717, 1.165) is 30.6 Å². The number of ether oxygens (including phenoxy) is 2. The van der Waals surface area contributed by atoms with E-state index >= 15 is 0 Å². The molecule has 0 saturated carbocycles. The van der Waals surface area contributed by atoms with Gasteiger partial charge < -0.3 is 19.5 Å². The molecule has 2 aliphatic heterocycles. The molecule has 1 aromatic rings. The first-order valence-electron chi connectivity index (χ1n) is 11.4. The number of carbonyl (C=O) groups excluding carboxylic acids is 2. The predicted molar refractivity (Wildman–Crippen MR) is 118 cm³/mol. The molecule has 1 unspecified atom stereocenters. The van der Waals surface area contributed by atoms with Crippen LogP contribution in [0.2, 0.25) is 0 Å². The summed E-state index contributed by atoms with van der Waals surface area (Å²) in [4.78, 5) is 30.0. The SMILES string of the molecule is CCCOc1ccc(C2=C(N3CCCC(CO)C3)C(=O)N(CCCOCC)C2=O)cc1. The highest BCUT2D eigenvalue weighted by molar-refractivity contribution is 6.35. The molecule has 0 radical (unpaired) electrons. The van der Waals surface area contributed by atoms with Crippen LogP contribution in [-0.2, 0) is 14.3 Å². The summed E-state index contributed by atoms with van der Waals surface area (Å²) in [6, 6.07) is 7.39. The number of likely N-dealkylation sites (tertiary alicyclic amines) is 1. The quantitative estimate of drug-likeness (QED) is 0.430. The van der Waals surface area contributed by atoms with Gasteiger partial charge in [-0.1, -0.05) is 19.1 Å². The van der Waals surface area contributed by atoms with Crippen LogP contribution in [0, 0.1) is 5.92 Å². The summed E-state index contributed by atoms with van der Waals surface area (Å²) in [6.07, 6.45) is 3.34. The van der Waals surface area contributed by atoms with Gasteiger partial charge in [-0.25, -0.2) is 0 Å². The first-order chi connectivity index (χ1) is 15.1. The maximum absolute atomic E-state index is 13.3. The Bertz CT molecular complexity index is 790. The number of aliphatic hydroxyl groups excluding tert-OH is 1. The summed E-state index contributed by atoms with van der Waals surface area (Å²) in [5.74, 6) is 0.352. The van der Waals surface area contributed by atoms with Gasteiger partial charge in [0, 0.05) is 39.5 Å². The Kier molecular flexibility index (Phi) is 8.49. The van der Waals surface area contributed by atoms with E-state index in [9.17, 15) is 14.7 Å². The summed E-state index contributed by atoms with van der Waals surface area (Å²) in [7, 11) is 0. The number of aliphatic hydroxyl groups is 1. The topological polar surface area (TPSA) is 79.3 Å². The second-order valence-electron chi connectivity index (χ2n) is 8.05. The number of imide groups is 1. The Morgan fingerprint density at radius 1 is 1.10 bits per heavy atom. The highest BCUT2D eigenvalue weighted by Gasteiger charge is 2.42. The third-order valence-electron chi connectivity index (χ3n) is 5.73. The van der Waals surface area contributed by atoms with E-state index in [-0.39, 0.29) is 24.3 Å². The van der Waals surface area contributed by atoms with Crippen LogP contribution >= 0.6 is 0 Å². The molecule has 7 nitrogen and oxygen atoms in total. The van der Waals surface area contributed by atoms with Gasteiger partial charge in [0.15, 0.2) is 0 Å². The van der Waals surface area contributed by atoms with Crippen molar-refractivity contribution in [1.29, 1.82) is 0 Å². The van der Waals surface area contributed by atoms with Crippen molar-refractivity contribution in [3.8, 4) is 5.75 Å². The lowest BCUT2D eigenvalue weighted by Gasteiger charge is -2.34. The van der Waals surface area contributed by atoms with Gasteiger partial charge in [-0.3, -0.25) is 14.5 Å². The fourth-order valence-corrected chi connectivity index (χ4v) is 4.14. The summed E-state index contributed by atoms with van der Waals surface area (Å²) in [5.41, 5.74) is 1.62. The molecule has 2 aliphatic rings. The highest BCUT2D eigenvalue weighted by Crippen LogP contribution is 2.34. The molecule has 0 aromatic heterocycles. The number of piperidine rings is 1. The molecule has 1 N–H and O–H groups in total. The lowest BCUT2D eigenvalue weighted by Crippen LogP contribution is -2.40. The van der Waals surface area contributed by atoms with Crippen LogP contribution in [0.3, 0.4) is 0 Å². The molecule has 0 aliphatic carbocycles. The monoisotopic (exact) mass is 430 g/mol. The fourth-order valence-electron chi connectivity index (χ4n) is 4.14. The standard InChI is InChI=1S/C24H34N2O5/c1-3-14-31-20-10-8-19(9-11-20)21-22(25-12-5-7-18(16-25)17-27)24(29)26(23(21)28)13-6-15-30-4-2/h8-11,18,27H,3-7,12-17H2,1-2H3. The third kappa shape index (κ3) is 5.46. The van der Waals surface area contributed by atoms with Gasteiger partial charge in [-0.15, -0.1) is 0 Å². The molecule has 0 spiro atoms. The van der Waals surface area contributed by atoms with E-state index in [1.165, 1.54) is 4.90 Å². The van der Waals surface area contributed by atoms with Crippen LogP contribution in [0.4, 0.5) is 0 Å². The molecule has 170 valence electrons. The number of carbonyl (C=O) groups is 2. The van der Waals surface area contributed by atoms with Gasteiger partial charge in [0.25, 0.3) is 11.8 Å². The largest absolute Gasteiger partial charge is 0.494 e. The summed E-state index contributed by atoms with van der Waals surface area (Å²) in [5, 5.41) is 9.64. The molecule has 1 fully saturated rings. The van der Waals surface area contributed by atoms with Crippen molar-refractivity contribution in [2.45, 2.75) is 39.5 Å². The Morgan fingerprint density at radius 3 is 2.55 bits per heavy atom. The van der Waals surface area contributed by atoms with Crippen LogP contribution in [0.5, 0.6) is 5.75 Å². The maximum atomic E-state index is 13.3. The van der Waals surface area contributed by atoms with Crippen molar-refractivity contribution < 1.29 is 24.2 Å². The molecule has 2 amide bonds. The molecule has 3 rings (SSSR count). The van der Waals surface area contributed by atoms with Crippen molar-refractivity contribution in [2.75, 3.05) is 46.1 Å². The predicted octanol–water partition coefficient (Wildman–Crippen LogP) is 2.69. The average Bonchev–Trinajstić information content (AvgIpc) is 3.05. The van der Waals surface area contributed by atoms with Crippen molar-refractivity contribution in [3.05, 3.63) is 35.5 Å². The van der Waals surface area contributed by atoms with Crippen LogP contribution in [-0.4, -0.2) is 72.8 Å². The summed E-state index contributed by atoms with van der Waals surface area (Å²) >= 11 is 0. The molecule has 1 aromatic carbocycles. The molecular weight excluding hydrogens is 396 g/mol. The lowest BCUT2D eigenvalue weighted by atomic mass is 9.97. The summed E-state index contributed by atoms with van der Waals surface area (Å²) in [6.45, 7) is 7.44. The fraction of sp³-hybridized carbons (Fsp3) is 0.583. The van der Waals surface area contributed by atoms with Gasteiger partial charge in [-0.05, 0) is 56.2 Å². The lowest BCUT2D eigenvalue weighted by molar-refractivity contribution is -0.137. The van der Waals surface area contributed by atoms with E-state index in [4.69, 9.17) is 9.47 Å². The van der Waals surface area contributed by atoms with Crippen molar-refractivity contribution in [2.24, 2.45) is 5.92 Å². The molecule has 7 heteroatoms. The van der Waals surface area contributed by atoms with Crippen LogP contribution in [0.25, 0.3) is 5.57 Å². The molecular formula is C24H34N2O5. The second-order valence-corrected chi connectivity index (χ2v) is 8.05. The zero-order valence-electron chi connectivity index (χ0n) is 18.6. The average molecular weight is 431 g/mol. The summed E-state index contributed by atoms with van der Waals surface area (Å²) < 4.78 is 11.0. The molecule has 1 atom stereocenters. The number of hydrogen-bond donors (Lipinski definition) is 1. The molecule has 1 saturated heterocycles. The van der Waals surface area contributed by atoms with Crippen molar-refractivity contribution >= 4 is 17.4 Å². The number of hydrogen-bond acceptors (Lipinski definition) is 6. The number of benzene rings is 1. The number of nitrogens with zero attached hydrogens (tertiary/aromatic N) is 2. The van der Waals surface area contributed by atoms with E-state index in [0.29, 0.717) is 57.1 Å². The van der Waals surface area contributed by atoms with E-state index in [1.807, 2.05) is 43.0 Å². The van der Waals surface area contributed by atoms with Crippen LogP contribution < -0.4 is 4.74 Å². The van der Waals surface area contributed by atoms with Crippen LogP contribution in [0.15, 0.2) is 30.0 Å². The van der Waals surface area contributed by atoms with Gasteiger partial charge >= 0.3 is 0 Å². The van der Waals surface area contributed by atoms with E-state index in [1.54, 1.807) is 0 Å². The Morgan fingerprint density at radius 2 is 1.87 bits per heavy atom. The Hall–Kier alpha value is -2.38. The third-order valence-corrected chi connectivity index (χ3v) is 5.73.